The van der Waals surface area contributed by atoms with E-state index in [2.05, 4.69) is 15.1 Å². The van der Waals surface area contributed by atoms with Crippen LogP contribution < -0.4 is 9.64 Å². The van der Waals surface area contributed by atoms with Gasteiger partial charge in [0.05, 0.1) is 12.8 Å². The van der Waals surface area contributed by atoms with Crippen molar-refractivity contribution in [2.24, 2.45) is 0 Å². The summed E-state index contributed by atoms with van der Waals surface area (Å²) in [5.74, 6) is 1.71. The molecule has 0 atom stereocenters. The van der Waals surface area contributed by atoms with Crippen molar-refractivity contribution in [2.75, 3.05) is 38.2 Å². The predicted octanol–water partition coefficient (Wildman–Crippen LogP) is 3.91. The molecule has 0 radical (unpaired) electrons. The largest absolute Gasteiger partial charge is 0.497 e. The Morgan fingerprint density at radius 2 is 1.52 bits per heavy atom. The molecule has 2 aromatic heterocycles. The standard InChI is InChI=1S/C26H25N5O2/c1-33-23-10-6-20(7-11-23)24-12-13-25(28-27-24)30-16-18-31(19-17-30)26(32)21-4-8-22(9-5-21)29-14-2-3-15-29/h2-15H,16-19H2,1H3. The molecule has 4 aromatic rings. The maximum Gasteiger partial charge on any atom is 0.253 e. The lowest BCUT2D eigenvalue weighted by Crippen LogP contribution is -2.49. The van der Waals surface area contributed by atoms with Gasteiger partial charge in [0, 0.05) is 55.4 Å². The van der Waals surface area contributed by atoms with Crippen LogP contribution in [0.4, 0.5) is 5.82 Å². The summed E-state index contributed by atoms with van der Waals surface area (Å²) in [5, 5.41) is 8.82. The number of rotatable bonds is 5. The fourth-order valence-electron chi connectivity index (χ4n) is 4.01. The van der Waals surface area contributed by atoms with Crippen molar-refractivity contribution in [3.05, 3.63) is 90.8 Å². The number of aromatic nitrogens is 3. The molecule has 166 valence electrons. The minimum Gasteiger partial charge on any atom is -0.497 e. The molecule has 0 spiro atoms. The average Bonchev–Trinajstić information content (AvgIpc) is 3.44. The SMILES string of the molecule is COc1ccc(-c2ccc(N3CCN(C(=O)c4ccc(-n5cccc5)cc4)CC3)nn2)cc1. The Morgan fingerprint density at radius 3 is 2.12 bits per heavy atom. The number of piperazine rings is 1. The Labute approximate surface area is 192 Å². The van der Waals surface area contributed by atoms with Gasteiger partial charge in [-0.15, -0.1) is 10.2 Å². The molecule has 0 saturated carbocycles. The van der Waals surface area contributed by atoms with Gasteiger partial charge in [-0.3, -0.25) is 4.79 Å². The van der Waals surface area contributed by atoms with Gasteiger partial charge in [0.1, 0.15) is 5.75 Å². The Kier molecular flexibility index (Phi) is 5.76. The van der Waals surface area contributed by atoms with Gasteiger partial charge >= 0.3 is 0 Å². The number of ether oxygens (including phenoxy) is 1. The maximum atomic E-state index is 13.0. The minimum absolute atomic E-state index is 0.0645. The second-order valence-corrected chi connectivity index (χ2v) is 7.92. The van der Waals surface area contributed by atoms with E-state index in [0.29, 0.717) is 18.7 Å². The first-order chi connectivity index (χ1) is 16.2. The summed E-state index contributed by atoms with van der Waals surface area (Å²) < 4.78 is 7.23. The van der Waals surface area contributed by atoms with E-state index in [1.165, 1.54) is 0 Å². The highest BCUT2D eigenvalue weighted by Crippen LogP contribution is 2.22. The molecule has 0 aliphatic carbocycles. The quantitative estimate of drug-likeness (QED) is 0.472. The van der Waals surface area contributed by atoms with E-state index >= 15 is 0 Å². The molecule has 0 unspecified atom stereocenters. The molecule has 1 fully saturated rings. The number of carbonyl (C=O) groups is 1. The molecule has 5 rings (SSSR count). The number of methoxy groups -OCH3 is 1. The van der Waals surface area contributed by atoms with Crippen LogP contribution in [0, 0.1) is 0 Å². The third kappa shape index (κ3) is 4.43. The van der Waals surface area contributed by atoms with Gasteiger partial charge in [0.25, 0.3) is 5.91 Å². The van der Waals surface area contributed by atoms with Gasteiger partial charge < -0.3 is 19.1 Å². The van der Waals surface area contributed by atoms with Gasteiger partial charge in [-0.25, -0.2) is 0 Å². The molecule has 33 heavy (non-hydrogen) atoms. The minimum atomic E-state index is 0.0645. The highest BCUT2D eigenvalue weighted by molar-refractivity contribution is 5.94. The summed E-state index contributed by atoms with van der Waals surface area (Å²) in [4.78, 5) is 17.0. The van der Waals surface area contributed by atoms with Crippen molar-refractivity contribution >= 4 is 11.7 Å². The number of carbonyl (C=O) groups excluding carboxylic acids is 1. The van der Waals surface area contributed by atoms with E-state index in [1.54, 1.807) is 7.11 Å². The highest BCUT2D eigenvalue weighted by Gasteiger charge is 2.23. The topological polar surface area (TPSA) is 63.5 Å². The zero-order valence-corrected chi connectivity index (χ0v) is 18.5. The van der Waals surface area contributed by atoms with Crippen molar-refractivity contribution in [3.63, 3.8) is 0 Å². The molecule has 3 heterocycles. The Morgan fingerprint density at radius 1 is 0.818 bits per heavy atom. The fourth-order valence-corrected chi connectivity index (χ4v) is 4.01. The second-order valence-electron chi connectivity index (χ2n) is 7.92. The van der Waals surface area contributed by atoms with E-state index in [4.69, 9.17) is 4.74 Å². The number of amides is 1. The molecule has 7 nitrogen and oxygen atoms in total. The van der Waals surface area contributed by atoms with Crippen LogP contribution in [0.5, 0.6) is 5.75 Å². The highest BCUT2D eigenvalue weighted by atomic mass is 16.5. The van der Waals surface area contributed by atoms with E-state index in [9.17, 15) is 4.79 Å². The van der Waals surface area contributed by atoms with Gasteiger partial charge in [-0.05, 0) is 72.8 Å². The van der Waals surface area contributed by atoms with Crippen molar-refractivity contribution in [1.82, 2.24) is 19.7 Å². The molecular weight excluding hydrogens is 414 g/mol. The molecule has 1 aliphatic heterocycles. The third-order valence-corrected chi connectivity index (χ3v) is 5.94. The normalized spacial score (nSPS) is 13.7. The number of nitrogens with zero attached hydrogens (tertiary/aromatic N) is 5. The van der Waals surface area contributed by atoms with Gasteiger partial charge in [0.15, 0.2) is 5.82 Å². The Hall–Kier alpha value is -4.13. The van der Waals surface area contributed by atoms with Crippen molar-refractivity contribution in [1.29, 1.82) is 0 Å². The summed E-state index contributed by atoms with van der Waals surface area (Å²) in [6, 6.07) is 23.4. The van der Waals surface area contributed by atoms with Crippen molar-refractivity contribution in [2.45, 2.75) is 0 Å². The van der Waals surface area contributed by atoms with Crippen LogP contribution in [0.3, 0.4) is 0 Å². The lowest BCUT2D eigenvalue weighted by molar-refractivity contribution is 0.0746. The van der Waals surface area contributed by atoms with Gasteiger partial charge in [-0.1, -0.05) is 0 Å². The third-order valence-electron chi connectivity index (χ3n) is 5.94. The van der Waals surface area contributed by atoms with Crippen LogP contribution in [-0.2, 0) is 0 Å². The molecular formula is C26H25N5O2. The first-order valence-corrected chi connectivity index (χ1v) is 11.0. The first kappa shape index (κ1) is 20.8. The molecule has 2 aromatic carbocycles. The van der Waals surface area contributed by atoms with Crippen molar-refractivity contribution < 1.29 is 9.53 Å². The van der Waals surface area contributed by atoms with E-state index in [0.717, 1.165) is 41.6 Å². The molecule has 0 N–H and O–H groups in total. The summed E-state index contributed by atoms with van der Waals surface area (Å²) in [7, 11) is 1.65. The zero-order valence-electron chi connectivity index (χ0n) is 18.5. The second kappa shape index (κ2) is 9.16. The zero-order chi connectivity index (χ0) is 22.6. The monoisotopic (exact) mass is 439 g/mol. The van der Waals surface area contributed by atoms with E-state index < -0.39 is 0 Å². The van der Waals surface area contributed by atoms with E-state index in [1.807, 2.05) is 94.7 Å². The van der Waals surface area contributed by atoms with Gasteiger partial charge in [0.2, 0.25) is 0 Å². The first-order valence-electron chi connectivity index (χ1n) is 11.0. The Balaban J connectivity index is 1.19. The Bertz CT molecular complexity index is 1200. The van der Waals surface area contributed by atoms with Crippen LogP contribution in [0.2, 0.25) is 0 Å². The van der Waals surface area contributed by atoms with Crippen LogP contribution in [0.1, 0.15) is 10.4 Å². The van der Waals surface area contributed by atoms with Crippen molar-refractivity contribution in [3.8, 4) is 22.7 Å². The molecule has 1 saturated heterocycles. The van der Waals surface area contributed by atoms with Crippen LogP contribution in [-0.4, -0.2) is 58.9 Å². The summed E-state index contributed by atoms with van der Waals surface area (Å²) >= 11 is 0. The molecule has 7 heteroatoms. The number of hydrogen-bond donors (Lipinski definition) is 0. The molecule has 1 aliphatic rings. The molecule has 1 amide bonds. The van der Waals surface area contributed by atoms with Gasteiger partial charge in [-0.2, -0.15) is 0 Å². The van der Waals surface area contributed by atoms with E-state index in [-0.39, 0.29) is 5.91 Å². The lowest BCUT2D eigenvalue weighted by Gasteiger charge is -2.35. The number of hydrogen-bond acceptors (Lipinski definition) is 5. The summed E-state index contributed by atoms with van der Waals surface area (Å²) in [6.07, 6.45) is 3.98. The lowest BCUT2D eigenvalue weighted by atomic mass is 10.1. The number of benzene rings is 2. The summed E-state index contributed by atoms with van der Waals surface area (Å²) in [5.41, 5.74) is 3.56. The van der Waals surface area contributed by atoms with Crippen LogP contribution in [0.25, 0.3) is 16.9 Å². The van der Waals surface area contributed by atoms with Crippen LogP contribution in [0.15, 0.2) is 85.2 Å². The average molecular weight is 440 g/mol. The fraction of sp³-hybridized carbons (Fsp3) is 0.192. The predicted molar refractivity (Wildman–Crippen MR) is 128 cm³/mol. The maximum absolute atomic E-state index is 13.0. The van der Waals surface area contributed by atoms with Crippen LogP contribution >= 0.6 is 0 Å². The number of anilines is 1. The smallest absolute Gasteiger partial charge is 0.253 e. The summed E-state index contributed by atoms with van der Waals surface area (Å²) in [6.45, 7) is 2.76. The molecule has 0 bridgehead atoms.